The average Bonchev–Trinajstić information content (AvgIpc) is 2.83. The first kappa shape index (κ1) is 14.5. The third-order valence-electron chi connectivity index (χ3n) is 3.89. The van der Waals surface area contributed by atoms with Crippen LogP contribution in [-0.4, -0.2) is 36.5 Å². The van der Waals surface area contributed by atoms with Crippen LogP contribution in [-0.2, 0) is 0 Å². The zero-order valence-electron chi connectivity index (χ0n) is 12.1. The Bertz CT molecular complexity index is 420. The lowest BCUT2D eigenvalue weighted by molar-refractivity contribution is 0.0933. The van der Waals surface area contributed by atoms with E-state index in [1.165, 1.54) is 29.7 Å². The molecule has 1 aromatic rings. The van der Waals surface area contributed by atoms with E-state index < -0.39 is 0 Å². The molecule has 2 heterocycles. The van der Waals surface area contributed by atoms with Crippen LogP contribution in [0.25, 0.3) is 0 Å². The van der Waals surface area contributed by atoms with E-state index in [9.17, 15) is 4.79 Å². The molecule has 1 amide bonds. The molecule has 0 radical (unpaired) electrons. The van der Waals surface area contributed by atoms with Gasteiger partial charge in [-0.15, -0.1) is 11.3 Å². The van der Waals surface area contributed by atoms with Crippen molar-refractivity contribution >= 4 is 17.2 Å². The van der Waals surface area contributed by atoms with Gasteiger partial charge in [0.25, 0.3) is 5.91 Å². The molecule has 1 aliphatic rings. The van der Waals surface area contributed by atoms with E-state index in [1.54, 1.807) is 0 Å². The number of nitrogens with one attached hydrogen (secondary N) is 1. The molecule has 0 aromatic carbocycles. The van der Waals surface area contributed by atoms with Gasteiger partial charge in [0.15, 0.2) is 0 Å². The van der Waals surface area contributed by atoms with Crippen molar-refractivity contribution in [3.05, 3.63) is 21.9 Å². The lowest BCUT2D eigenvalue weighted by Crippen LogP contribution is -2.41. The summed E-state index contributed by atoms with van der Waals surface area (Å²) in [6, 6.07) is 2.60. The van der Waals surface area contributed by atoms with Crippen LogP contribution in [0.3, 0.4) is 0 Å². The SMILES string of the molecule is Cc1csc(C(=O)NCC2CCN(C(C)C)CC2)c1. The molecule has 2 rings (SSSR count). The number of rotatable bonds is 4. The lowest BCUT2D eigenvalue weighted by Gasteiger charge is -2.34. The summed E-state index contributed by atoms with van der Waals surface area (Å²) in [5.41, 5.74) is 1.17. The predicted octanol–water partition coefficient (Wildman–Crippen LogP) is 2.91. The number of carbonyl (C=O) groups is 1. The molecular weight excluding hydrogens is 256 g/mol. The maximum Gasteiger partial charge on any atom is 0.261 e. The average molecular weight is 280 g/mol. The zero-order valence-corrected chi connectivity index (χ0v) is 12.9. The summed E-state index contributed by atoms with van der Waals surface area (Å²) in [7, 11) is 0. The molecule has 106 valence electrons. The number of thiophene rings is 1. The van der Waals surface area contributed by atoms with Gasteiger partial charge in [-0.2, -0.15) is 0 Å². The molecule has 3 nitrogen and oxygen atoms in total. The van der Waals surface area contributed by atoms with Crippen molar-refractivity contribution in [3.8, 4) is 0 Å². The molecule has 1 aliphatic heterocycles. The van der Waals surface area contributed by atoms with Crippen molar-refractivity contribution in [1.82, 2.24) is 10.2 Å². The molecule has 0 spiro atoms. The molecule has 1 N–H and O–H groups in total. The van der Waals surface area contributed by atoms with Crippen molar-refractivity contribution in [3.63, 3.8) is 0 Å². The predicted molar refractivity (Wildman–Crippen MR) is 80.8 cm³/mol. The molecule has 1 fully saturated rings. The molecule has 4 heteroatoms. The van der Waals surface area contributed by atoms with Crippen LogP contribution in [0, 0.1) is 12.8 Å². The smallest absolute Gasteiger partial charge is 0.261 e. The fourth-order valence-corrected chi connectivity index (χ4v) is 3.36. The topological polar surface area (TPSA) is 32.3 Å². The largest absolute Gasteiger partial charge is 0.351 e. The molecule has 0 unspecified atom stereocenters. The second-order valence-electron chi connectivity index (χ2n) is 5.77. The molecule has 0 saturated carbocycles. The van der Waals surface area contributed by atoms with Crippen LogP contribution in [0.1, 0.15) is 41.9 Å². The highest BCUT2D eigenvalue weighted by atomic mass is 32.1. The number of aryl methyl sites for hydroxylation is 1. The Morgan fingerprint density at radius 2 is 2.16 bits per heavy atom. The number of amides is 1. The summed E-state index contributed by atoms with van der Waals surface area (Å²) >= 11 is 1.53. The van der Waals surface area contributed by atoms with Gasteiger partial charge in [0.2, 0.25) is 0 Å². The molecule has 19 heavy (non-hydrogen) atoms. The number of piperidine rings is 1. The van der Waals surface area contributed by atoms with Gasteiger partial charge in [-0.1, -0.05) is 0 Å². The van der Waals surface area contributed by atoms with Crippen molar-refractivity contribution in [2.45, 2.75) is 39.7 Å². The van der Waals surface area contributed by atoms with E-state index in [1.807, 2.05) is 18.4 Å². The third kappa shape index (κ3) is 4.05. The number of likely N-dealkylation sites (tertiary alicyclic amines) is 1. The van der Waals surface area contributed by atoms with Crippen LogP contribution in [0.15, 0.2) is 11.4 Å². The lowest BCUT2D eigenvalue weighted by atomic mass is 9.96. The number of carbonyl (C=O) groups excluding carboxylic acids is 1. The first-order valence-electron chi connectivity index (χ1n) is 7.13. The minimum atomic E-state index is 0.0874. The Morgan fingerprint density at radius 1 is 1.47 bits per heavy atom. The van der Waals surface area contributed by atoms with Crippen LogP contribution in [0.2, 0.25) is 0 Å². The Balaban J connectivity index is 1.73. The first-order chi connectivity index (χ1) is 9.06. The van der Waals surface area contributed by atoms with E-state index in [2.05, 4.69) is 24.1 Å². The maximum absolute atomic E-state index is 12.0. The highest BCUT2D eigenvalue weighted by Crippen LogP contribution is 2.19. The van der Waals surface area contributed by atoms with Gasteiger partial charge in [0.05, 0.1) is 4.88 Å². The van der Waals surface area contributed by atoms with Crippen LogP contribution in [0.5, 0.6) is 0 Å². The molecule has 1 aromatic heterocycles. The van der Waals surface area contributed by atoms with Crippen LogP contribution >= 0.6 is 11.3 Å². The van der Waals surface area contributed by atoms with Crippen molar-refractivity contribution < 1.29 is 4.79 Å². The summed E-state index contributed by atoms with van der Waals surface area (Å²) in [4.78, 5) is 15.3. The normalized spacial score (nSPS) is 17.9. The van der Waals surface area contributed by atoms with Crippen molar-refractivity contribution in [1.29, 1.82) is 0 Å². The third-order valence-corrected chi connectivity index (χ3v) is 4.93. The van der Waals surface area contributed by atoms with Gasteiger partial charge in [0, 0.05) is 12.6 Å². The Labute approximate surface area is 120 Å². The monoisotopic (exact) mass is 280 g/mol. The summed E-state index contributed by atoms with van der Waals surface area (Å²) in [6.45, 7) is 9.67. The highest BCUT2D eigenvalue weighted by Gasteiger charge is 2.21. The Morgan fingerprint density at radius 3 is 2.68 bits per heavy atom. The Hall–Kier alpha value is -0.870. The molecule has 1 saturated heterocycles. The van der Waals surface area contributed by atoms with Crippen molar-refractivity contribution in [2.75, 3.05) is 19.6 Å². The minimum Gasteiger partial charge on any atom is -0.351 e. The number of hydrogen-bond donors (Lipinski definition) is 1. The number of hydrogen-bond acceptors (Lipinski definition) is 3. The van der Waals surface area contributed by atoms with Crippen LogP contribution < -0.4 is 5.32 Å². The van der Waals surface area contributed by atoms with Gasteiger partial charge < -0.3 is 10.2 Å². The quantitative estimate of drug-likeness (QED) is 0.920. The maximum atomic E-state index is 12.0. The molecule has 0 atom stereocenters. The summed E-state index contributed by atoms with van der Waals surface area (Å²) in [6.07, 6.45) is 2.39. The van der Waals surface area contributed by atoms with Crippen LogP contribution in [0.4, 0.5) is 0 Å². The van der Waals surface area contributed by atoms with Gasteiger partial charge in [0.1, 0.15) is 0 Å². The molecule has 0 aliphatic carbocycles. The number of nitrogens with zero attached hydrogens (tertiary/aromatic N) is 1. The fourth-order valence-electron chi connectivity index (χ4n) is 2.55. The minimum absolute atomic E-state index is 0.0874. The van der Waals surface area contributed by atoms with E-state index in [4.69, 9.17) is 0 Å². The molecular formula is C15H24N2OS. The van der Waals surface area contributed by atoms with E-state index in [0.29, 0.717) is 12.0 Å². The Kier molecular flexibility index (Phi) is 4.99. The zero-order chi connectivity index (χ0) is 13.8. The fraction of sp³-hybridized carbons (Fsp3) is 0.667. The second kappa shape index (κ2) is 6.53. The van der Waals surface area contributed by atoms with E-state index in [-0.39, 0.29) is 5.91 Å². The van der Waals surface area contributed by atoms with Gasteiger partial charge in [-0.25, -0.2) is 0 Å². The second-order valence-corrected chi connectivity index (χ2v) is 6.68. The molecule has 0 bridgehead atoms. The van der Waals surface area contributed by atoms with Gasteiger partial charge in [-0.3, -0.25) is 4.79 Å². The van der Waals surface area contributed by atoms with E-state index >= 15 is 0 Å². The summed E-state index contributed by atoms with van der Waals surface area (Å²) in [5.74, 6) is 0.726. The van der Waals surface area contributed by atoms with Crippen molar-refractivity contribution in [2.24, 2.45) is 5.92 Å². The summed E-state index contributed by atoms with van der Waals surface area (Å²) < 4.78 is 0. The standard InChI is InChI=1S/C15H24N2OS/c1-11(2)17-6-4-13(5-7-17)9-16-15(18)14-8-12(3)10-19-14/h8,10-11,13H,4-7,9H2,1-3H3,(H,16,18). The van der Waals surface area contributed by atoms with Gasteiger partial charge in [-0.05, 0) is 69.6 Å². The van der Waals surface area contributed by atoms with E-state index in [0.717, 1.165) is 24.5 Å². The first-order valence-corrected chi connectivity index (χ1v) is 8.01. The summed E-state index contributed by atoms with van der Waals surface area (Å²) in [5, 5.41) is 5.10. The van der Waals surface area contributed by atoms with Gasteiger partial charge >= 0.3 is 0 Å². The highest BCUT2D eigenvalue weighted by molar-refractivity contribution is 7.12.